The van der Waals surface area contributed by atoms with E-state index in [0.717, 1.165) is 22.5 Å². The molecule has 0 bridgehead atoms. The van der Waals surface area contributed by atoms with Gasteiger partial charge in [-0.2, -0.15) is 0 Å². The van der Waals surface area contributed by atoms with Gasteiger partial charge in [-0.05, 0) is 49.2 Å². The number of amides is 2. The van der Waals surface area contributed by atoms with E-state index in [4.69, 9.17) is 4.74 Å². The van der Waals surface area contributed by atoms with Crippen LogP contribution in [-0.4, -0.2) is 57.6 Å². The lowest BCUT2D eigenvalue weighted by Gasteiger charge is -2.31. The lowest BCUT2D eigenvalue weighted by atomic mass is 10.1. The van der Waals surface area contributed by atoms with E-state index in [1.807, 2.05) is 6.92 Å². The predicted molar refractivity (Wildman–Crippen MR) is 133 cm³/mol. The Morgan fingerprint density at radius 1 is 1.15 bits per heavy atom. The van der Waals surface area contributed by atoms with E-state index in [1.54, 1.807) is 62.6 Å². The van der Waals surface area contributed by atoms with Crippen molar-refractivity contribution in [1.29, 1.82) is 0 Å². The topological polar surface area (TPSA) is 96.0 Å². The van der Waals surface area contributed by atoms with E-state index in [-0.39, 0.29) is 12.5 Å². The molecule has 33 heavy (non-hydrogen) atoms. The van der Waals surface area contributed by atoms with E-state index in [9.17, 15) is 18.0 Å². The van der Waals surface area contributed by atoms with E-state index in [0.29, 0.717) is 22.5 Å². The summed E-state index contributed by atoms with van der Waals surface area (Å²) in [5.74, 6) is -0.120. The third-order valence-corrected chi connectivity index (χ3v) is 6.64. The zero-order valence-electron chi connectivity index (χ0n) is 19.2. The first-order chi connectivity index (χ1) is 15.6. The number of sulfonamides is 1. The van der Waals surface area contributed by atoms with Gasteiger partial charge >= 0.3 is 0 Å². The summed E-state index contributed by atoms with van der Waals surface area (Å²) in [5, 5.41) is 2.80. The molecule has 0 aromatic heterocycles. The Balaban J connectivity index is 2.36. The average Bonchev–Trinajstić information content (AvgIpc) is 2.78. The molecule has 0 aliphatic heterocycles. The van der Waals surface area contributed by atoms with Crippen molar-refractivity contribution in [3.8, 4) is 5.75 Å². The molecule has 10 heteroatoms. The van der Waals surface area contributed by atoms with Crippen molar-refractivity contribution in [3.05, 3.63) is 58.6 Å². The number of carbonyl (C=O) groups excluding carboxylic acids is 2. The Hall–Kier alpha value is -2.59. The van der Waals surface area contributed by atoms with Crippen molar-refractivity contribution in [2.45, 2.75) is 32.9 Å². The molecule has 0 aliphatic carbocycles. The zero-order valence-corrected chi connectivity index (χ0v) is 21.6. The van der Waals surface area contributed by atoms with Gasteiger partial charge in [0.05, 0.1) is 19.1 Å². The van der Waals surface area contributed by atoms with Crippen LogP contribution in [0.15, 0.2) is 53.0 Å². The second-order valence-corrected chi connectivity index (χ2v) is 10.4. The van der Waals surface area contributed by atoms with Gasteiger partial charge in [0, 0.05) is 17.6 Å². The molecule has 2 aromatic carbocycles. The number of methoxy groups -OCH3 is 1. The second-order valence-electron chi connectivity index (χ2n) is 7.59. The quantitative estimate of drug-likeness (QED) is 0.473. The number of rotatable bonds is 11. The normalized spacial score (nSPS) is 12.0. The van der Waals surface area contributed by atoms with Crippen LogP contribution in [0.4, 0.5) is 5.69 Å². The lowest BCUT2D eigenvalue weighted by molar-refractivity contribution is -0.139. The minimum Gasteiger partial charge on any atom is -0.497 e. The van der Waals surface area contributed by atoms with Gasteiger partial charge in [0.1, 0.15) is 18.3 Å². The third-order valence-electron chi connectivity index (χ3n) is 5.00. The van der Waals surface area contributed by atoms with E-state index >= 15 is 0 Å². The molecule has 0 saturated carbocycles. The maximum Gasteiger partial charge on any atom is 0.244 e. The van der Waals surface area contributed by atoms with Gasteiger partial charge in [0.15, 0.2) is 0 Å². The van der Waals surface area contributed by atoms with Gasteiger partial charge in [0.25, 0.3) is 0 Å². The molecule has 0 radical (unpaired) electrons. The van der Waals surface area contributed by atoms with Crippen LogP contribution in [0.5, 0.6) is 5.75 Å². The van der Waals surface area contributed by atoms with Crippen LogP contribution in [0.3, 0.4) is 0 Å². The fraction of sp³-hybridized carbons (Fsp3) is 0.391. The Labute approximate surface area is 204 Å². The molecule has 0 aliphatic rings. The molecule has 1 atom stereocenters. The smallest absolute Gasteiger partial charge is 0.244 e. The molecule has 8 nitrogen and oxygen atoms in total. The van der Waals surface area contributed by atoms with Crippen LogP contribution >= 0.6 is 15.9 Å². The first-order valence-electron chi connectivity index (χ1n) is 10.5. The fourth-order valence-electron chi connectivity index (χ4n) is 3.15. The van der Waals surface area contributed by atoms with Crippen molar-refractivity contribution >= 4 is 43.5 Å². The predicted octanol–water partition coefficient (Wildman–Crippen LogP) is 3.17. The molecule has 180 valence electrons. The van der Waals surface area contributed by atoms with Gasteiger partial charge in [-0.1, -0.05) is 41.1 Å². The van der Waals surface area contributed by atoms with Crippen molar-refractivity contribution in [3.63, 3.8) is 0 Å². The second kappa shape index (κ2) is 12.0. The van der Waals surface area contributed by atoms with Crippen molar-refractivity contribution in [2.24, 2.45) is 0 Å². The Morgan fingerprint density at radius 2 is 1.82 bits per heavy atom. The minimum atomic E-state index is -3.76. The summed E-state index contributed by atoms with van der Waals surface area (Å²) in [6, 6.07) is 13.0. The van der Waals surface area contributed by atoms with Crippen LogP contribution in [0.25, 0.3) is 0 Å². The Bertz CT molecular complexity index is 1060. The van der Waals surface area contributed by atoms with Crippen molar-refractivity contribution in [2.75, 3.05) is 30.8 Å². The summed E-state index contributed by atoms with van der Waals surface area (Å²) in [7, 11) is -2.20. The maximum absolute atomic E-state index is 13.4. The summed E-state index contributed by atoms with van der Waals surface area (Å²) in [5.41, 5.74) is 1.14. The number of carbonyl (C=O) groups is 2. The summed E-state index contributed by atoms with van der Waals surface area (Å²) < 4.78 is 31.9. The fourth-order valence-corrected chi connectivity index (χ4v) is 4.38. The van der Waals surface area contributed by atoms with Gasteiger partial charge in [0.2, 0.25) is 21.8 Å². The molecule has 0 unspecified atom stereocenters. The van der Waals surface area contributed by atoms with E-state index < -0.39 is 28.5 Å². The molecule has 0 saturated heterocycles. The molecule has 0 spiro atoms. The van der Waals surface area contributed by atoms with E-state index in [1.165, 1.54) is 4.90 Å². The number of hydrogen-bond donors (Lipinski definition) is 1. The molecule has 0 heterocycles. The van der Waals surface area contributed by atoms with Gasteiger partial charge < -0.3 is 15.0 Å². The van der Waals surface area contributed by atoms with Gasteiger partial charge in [-0.15, -0.1) is 0 Å². The minimum absolute atomic E-state index is 0.139. The highest BCUT2D eigenvalue weighted by molar-refractivity contribution is 9.10. The third kappa shape index (κ3) is 7.75. The largest absolute Gasteiger partial charge is 0.497 e. The first-order valence-corrected chi connectivity index (χ1v) is 13.1. The van der Waals surface area contributed by atoms with Crippen molar-refractivity contribution in [1.82, 2.24) is 10.2 Å². The highest BCUT2D eigenvalue weighted by Crippen LogP contribution is 2.23. The lowest BCUT2D eigenvalue weighted by Crippen LogP contribution is -2.51. The van der Waals surface area contributed by atoms with Gasteiger partial charge in [-0.25, -0.2) is 8.42 Å². The van der Waals surface area contributed by atoms with Crippen LogP contribution in [0, 0.1) is 0 Å². The summed E-state index contributed by atoms with van der Waals surface area (Å²) in [6.45, 7) is 3.77. The number of nitrogens with zero attached hydrogens (tertiary/aromatic N) is 2. The highest BCUT2D eigenvalue weighted by atomic mass is 79.9. The average molecular weight is 540 g/mol. The molecular weight excluding hydrogens is 510 g/mol. The number of anilines is 1. The number of benzene rings is 2. The standard InChI is InChI=1S/C23H30BrN3O5S/c1-5-13-25-23(29)17(2)26(15-18-9-11-21(32-3)12-10-18)22(28)16-27(33(4,30)31)20-8-6-7-19(24)14-20/h6-12,14,17H,5,13,15-16H2,1-4H3,(H,25,29)/t17-/m1/s1. The SMILES string of the molecule is CCCNC(=O)[C@@H](C)N(Cc1ccc(OC)cc1)C(=O)CN(c1cccc(Br)c1)S(C)(=O)=O. The number of nitrogens with one attached hydrogen (secondary N) is 1. The monoisotopic (exact) mass is 539 g/mol. The molecule has 1 N–H and O–H groups in total. The molecule has 0 fully saturated rings. The first kappa shape index (κ1) is 26.7. The Kier molecular flexibility index (Phi) is 9.72. The maximum atomic E-state index is 13.4. The van der Waals surface area contributed by atoms with Crippen LogP contribution in [0.1, 0.15) is 25.8 Å². The zero-order chi connectivity index (χ0) is 24.6. The van der Waals surface area contributed by atoms with Crippen LogP contribution in [0.2, 0.25) is 0 Å². The van der Waals surface area contributed by atoms with E-state index in [2.05, 4.69) is 21.2 Å². The summed E-state index contributed by atoms with van der Waals surface area (Å²) in [6.07, 6.45) is 1.81. The Morgan fingerprint density at radius 3 is 2.36 bits per heavy atom. The number of ether oxygens (including phenoxy) is 1. The van der Waals surface area contributed by atoms with Gasteiger partial charge in [-0.3, -0.25) is 13.9 Å². The van der Waals surface area contributed by atoms with Crippen LogP contribution < -0.4 is 14.4 Å². The number of halogens is 1. The molecular formula is C23H30BrN3O5S. The highest BCUT2D eigenvalue weighted by Gasteiger charge is 2.30. The molecule has 2 aromatic rings. The number of hydrogen-bond acceptors (Lipinski definition) is 5. The summed E-state index contributed by atoms with van der Waals surface area (Å²) >= 11 is 3.33. The molecule has 2 rings (SSSR count). The summed E-state index contributed by atoms with van der Waals surface area (Å²) in [4.78, 5) is 27.5. The van der Waals surface area contributed by atoms with Crippen molar-refractivity contribution < 1.29 is 22.7 Å². The molecule has 2 amide bonds. The van der Waals surface area contributed by atoms with Crippen LogP contribution in [-0.2, 0) is 26.2 Å².